The molecule has 0 saturated carbocycles. The normalized spacial score (nSPS) is 18.5. The highest BCUT2D eigenvalue weighted by Gasteiger charge is 2.41. The van der Waals surface area contributed by atoms with Gasteiger partial charge in [-0.05, 0) is 26.0 Å². The number of aromatic nitrogens is 3. The minimum absolute atomic E-state index is 0.0124. The summed E-state index contributed by atoms with van der Waals surface area (Å²) in [6, 6.07) is 4.94. The molecule has 2 aliphatic heterocycles. The number of alkyl halides is 2. The average molecular weight is 639 g/mol. The van der Waals surface area contributed by atoms with Crippen LogP contribution in [0.15, 0.2) is 28.7 Å². The predicted octanol–water partition coefficient (Wildman–Crippen LogP) is 2.86. The number of anilines is 2. The Morgan fingerprint density at radius 2 is 1.91 bits per heavy atom. The number of aryl methyl sites for hydroxylation is 1. The number of methoxy groups -OCH3 is 1. The third-order valence-corrected chi connectivity index (χ3v) is 10.9. The van der Waals surface area contributed by atoms with E-state index in [1.54, 1.807) is 25.1 Å². The smallest absolute Gasteiger partial charge is 0.413 e. The van der Waals surface area contributed by atoms with Crippen molar-refractivity contribution in [1.82, 2.24) is 29.1 Å². The first-order chi connectivity index (χ1) is 20.4. The number of ether oxygens (including phenoxy) is 1. The van der Waals surface area contributed by atoms with Crippen molar-refractivity contribution >= 4 is 55.2 Å². The summed E-state index contributed by atoms with van der Waals surface area (Å²) in [5.74, 6) is -2.87. The fraction of sp³-hybridized carbons (Fsp3) is 0.500. The van der Waals surface area contributed by atoms with Crippen LogP contribution in [0.2, 0.25) is 0 Å². The van der Waals surface area contributed by atoms with Crippen molar-refractivity contribution < 1.29 is 31.5 Å². The van der Waals surface area contributed by atoms with E-state index in [4.69, 9.17) is 0 Å². The monoisotopic (exact) mass is 638 g/mol. The third kappa shape index (κ3) is 6.68. The van der Waals surface area contributed by atoms with Gasteiger partial charge in [0.05, 0.1) is 30.4 Å². The van der Waals surface area contributed by atoms with Crippen molar-refractivity contribution in [2.24, 2.45) is 0 Å². The Hall–Kier alpha value is -3.54. The number of halogens is 2. The number of benzene rings is 1. The number of hydrogen-bond donors (Lipinski definition) is 2. The Labute approximate surface area is 251 Å². The lowest BCUT2D eigenvalue weighted by Gasteiger charge is -2.35. The number of amides is 2. The summed E-state index contributed by atoms with van der Waals surface area (Å²) in [4.78, 5) is 40.6. The summed E-state index contributed by atoms with van der Waals surface area (Å²) in [5.41, 5.74) is 0.932. The van der Waals surface area contributed by atoms with E-state index < -0.39 is 34.5 Å². The third-order valence-electron chi connectivity index (χ3n) is 7.32. The number of nitrogens with one attached hydrogen (secondary N) is 2. The van der Waals surface area contributed by atoms with Crippen molar-refractivity contribution in [2.75, 3.05) is 63.6 Å². The molecule has 2 aromatic heterocycles. The lowest BCUT2D eigenvalue weighted by atomic mass is 10.1. The highest BCUT2D eigenvalue weighted by molar-refractivity contribution is 7.91. The number of piperazine rings is 1. The minimum Gasteiger partial charge on any atom is -0.453 e. The topological polar surface area (TPSA) is 150 Å². The first-order valence-corrected chi connectivity index (χ1v) is 15.9. The molecule has 1 aromatic carbocycles. The maximum absolute atomic E-state index is 13.7. The van der Waals surface area contributed by atoms with Gasteiger partial charge in [0.2, 0.25) is 0 Å². The molecule has 4 heterocycles. The van der Waals surface area contributed by atoms with E-state index in [-0.39, 0.29) is 47.0 Å². The van der Waals surface area contributed by atoms with Gasteiger partial charge >= 0.3 is 6.09 Å². The van der Waals surface area contributed by atoms with E-state index in [2.05, 4.69) is 35.2 Å². The van der Waals surface area contributed by atoms with Gasteiger partial charge in [-0.1, -0.05) is 17.4 Å². The number of rotatable bonds is 8. The Morgan fingerprint density at radius 1 is 1.16 bits per heavy atom. The van der Waals surface area contributed by atoms with Crippen molar-refractivity contribution in [3.63, 3.8) is 0 Å². The van der Waals surface area contributed by atoms with Gasteiger partial charge in [0.15, 0.2) is 9.34 Å². The van der Waals surface area contributed by atoms with Crippen LogP contribution in [-0.4, -0.2) is 114 Å². The fourth-order valence-electron chi connectivity index (χ4n) is 5.20. The zero-order valence-corrected chi connectivity index (χ0v) is 25.5. The van der Waals surface area contributed by atoms with Gasteiger partial charge in [-0.2, -0.15) is 4.31 Å². The maximum atomic E-state index is 13.7. The second kappa shape index (κ2) is 12.2. The molecule has 0 radical (unpaired) electrons. The van der Waals surface area contributed by atoms with Crippen molar-refractivity contribution in [3.05, 3.63) is 35.8 Å². The lowest BCUT2D eigenvalue weighted by Crippen LogP contribution is -2.50. The molecular formula is C26H32F2N8O5S2. The molecule has 43 heavy (non-hydrogen) atoms. The molecule has 2 aliphatic rings. The number of hydrogen-bond acceptors (Lipinski definition) is 11. The summed E-state index contributed by atoms with van der Waals surface area (Å²) in [7, 11) is -2.59. The van der Waals surface area contributed by atoms with E-state index in [1.807, 2.05) is 6.92 Å². The molecule has 0 aliphatic carbocycles. The molecule has 2 amide bonds. The van der Waals surface area contributed by atoms with Gasteiger partial charge in [0, 0.05) is 57.1 Å². The molecule has 0 spiro atoms. The average Bonchev–Trinajstić information content (AvgIpc) is 3.53. The fourth-order valence-corrected chi connectivity index (χ4v) is 8.16. The molecule has 3 aromatic rings. The Kier molecular flexibility index (Phi) is 8.78. The molecule has 2 fully saturated rings. The van der Waals surface area contributed by atoms with Gasteiger partial charge in [0.1, 0.15) is 12.1 Å². The number of carbonyl (C=O) groups excluding carboxylic acids is 2. The highest BCUT2D eigenvalue weighted by atomic mass is 32.2. The molecular weight excluding hydrogens is 606 g/mol. The zero-order chi connectivity index (χ0) is 30.9. The maximum Gasteiger partial charge on any atom is 0.413 e. The van der Waals surface area contributed by atoms with Crippen molar-refractivity contribution in [1.29, 1.82) is 0 Å². The molecule has 2 saturated heterocycles. The number of carbonyl (C=O) groups is 2. The van der Waals surface area contributed by atoms with E-state index >= 15 is 0 Å². The second-order valence-electron chi connectivity index (χ2n) is 10.5. The number of para-hydroxylation sites is 1. The molecule has 0 bridgehead atoms. The molecule has 13 nitrogen and oxygen atoms in total. The molecule has 232 valence electrons. The Morgan fingerprint density at radius 3 is 2.58 bits per heavy atom. The van der Waals surface area contributed by atoms with Crippen LogP contribution in [-0.2, 0) is 14.8 Å². The minimum atomic E-state index is -3.80. The van der Waals surface area contributed by atoms with Crippen LogP contribution >= 0.6 is 11.3 Å². The van der Waals surface area contributed by atoms with E-state index in [9.17, 15) is 26.8 Å². The summed E-state index contributed by atoms with van der Waals surface area (Å²) in [5, 5.41) is 6.51. The molecule has 1 atom stereocenters. The first kappa shape index (κ1) is 30.9. The number of nitrogens with zero attached hydrogens (tertiary/aromatic N) is 6. The highest BCUT2D eigenvalue weighted by Crippen LogP contribution is 2.32. The number of sulfonamides is 1. The summed E-state index contributed by atoms with van der Waals surface area (Å²) < 4.78 is 60.1. The van der Waals surface area contributed by atoms with Crippen LogP contribution in [0.5, 0.6) is 0 Å². The summed E-state index contributed by atoms with van der Waals surface area (Å²) in [6.07, 6.45) is 0.250. The van der Waals surface area contributed by atoms with Crippen LogP contribution in [0, 0.1) is 6.92 Å². The van der Waals surface area contributed by atoms with Crippen molar-refractivity contribution in [3.8, 4) is 0 Å². The van der Waals surface area contributed by atoms with Gasteiger partial charge in [-0.3, -0.25) is 15.0 Å². The summed E-state index contributed by atoms with van der Waals surface area (Å²) >= 11 is 0.882. The van der Waals surface area contributed by atoms with Gasteiger partial charge in [0.25, 0.3) is 21.9 Å². The van der Waals surface area contributed by atoms with E-state index in [0.29, 0.717) is 42.0 Å². The van der Waals surface area contributed by atoms with E-state index in [1.165, 1.54) is 17.7 Å². The number of fused-ring (bicyclic) bond motifs is 1. The SMILES string of the molecule is COC(=O)Nc1nc(C)c(S(=O)(=O)N2CCN(C[C@H](C)Nc3ncnc4c(C(=O)N5CCC(F)(F)C5)cccc34)CC2)s1. The largest absolute Gasteiger partial charge is 0.453 e. The van der Waals surface area contributed by atoms with Crippen LogP contribution < -0.4 is 10.6 Å². The lowest BCUT2D eigenvalue weighted by molar-refractivity contribution is 0.0120. The van der Waals surface area contributed by atoms with Gasteiger partial charge < -0.3 is 15.0 Å². The quantitative estimate of drug-likeness (QED) is 0.377. The van der Waals surface area contributed by atoms with Crippen LogP contribution in [0.4, 0.5) is 24.5 Å². The molecule has 5 rings (SSSR count). The van der Waals surface area contributed by atoms with Gasteiger partial charge in [-0.25, -0.2) is 36.9 Å². The zero-order valence-electron chi connectivity index (χ0n) is 23.8. The first-order valence-electron chi connectivity index (χ1n) is 13.6. The number of thiazole rings is 1. The van der Waals surface area contributed by atoms with Gasteiger partial charge in [-0.15, -0.1) is 0 Å². The second-order valence-corrected chi connectivity index (χ2v) is 13.6. The Bertz CT molecular complexity index is 1630. The van der Waals surface area contributed by atoms with Crippen LogP contribution in [0.3, 0.4) is 0 Å². The molecule has 2 N–H and O–H groups in total. The number of likely N-dealkylation sites (tertiary alicyclic amines) is 1. The van der Waals surface area contributed by atoms with E-state index in [0.717, 1.165) is 16.2 Å². The molecule has 17 heteroatoms. The van der Waals surface area contributed by atoms with Crippen LogP contribution in [0.25, 0.3) is 10.9 Å². The molecule has 0 unspecified atom stereocenters. The Balaban J connectivity index is 1.21. The predicted molar refractivity (Wildman–Crippen MR) is 156 cm³/mol. The standard InChI is InChI=1S/C26H32F2N8O5S2/c1-16(13-34-9-11-36(12-10-34)43(39,40)23-17(2)32-24(42-23)33-25(38)41-3)31-21-18-5-4-6-19(20(18)29-15-30-21)22(37)35-8-7-26(27,28)14-35/h4-6,15-16H,7-14H2,1-3H3,(H,29,30,31)(H,32,33,38)/t16-/m0/s1. The summed E-state index contributed by atoms with van der Waals surface area (Å²) in [6.45, 7) is 5.08. The van der Waals surface area contributed by atoms with Crippen molar-refractivity contribution in [2.45, 2.75) is 36.4 Å². The van der Waals surface area contributed by atoms with Crippen LogP contribution in [0.1, 0.15) is 29.4 Å².